The number of hydrogen-bond acceptors (Lipinski definition) is 7. The van der Waals surface area contributed by atoms with Gasteiger partial charge in [0.1, 0.15) is 11.6 Å². The van der Waals surface area contributed by atoms with Crippen LogP contribution in [0.15, 0.2) is 64.4 Å². The molecular formula is C29H30F2N6O4S. The fourth-order valence-electron chi connectivity index (χ4n) is 4.62. The fraction of sp³-hybridized carbons (Fsp3) is 0.276. The summed E-state index contributed by atoms with van der Waals surface area (Å²) in [5.41, 5.74) is 1.82. The van der Waals surface area contributed by atoms with Crippen molar-refractivity contribution in [3.63, 3.8) is 0 Å². The van der Waals surface area contributed by atoms with E-state index in [2.05, 4.69) is 37.7 Å². The molecule has 1 saturated heterocycles. The molecule has 1 aliphatic heterocycles. The monoisotopic (exact) mass is 596 g/mol. The van der Waals surface area contributed by atoms with Crippen molar-refractivity contribution in [1.82, 2.24) is 15.1 Å². The van der Waals surface area contributed by atoms with Crippen molar-refractivity contribution in [3.05, 3.63) is 71.8 Å². The molecule has 0 unspecified atom stereocenters. The number of nitrogens with one attached hydrogen (secondary N) is 3. The predicted octanol–water partition coefficient (Wildman–Crippen LogP) is 4.27. The zero-order chi connectivity index (χ0) is 30.2. The summed E-state index contributed by atoms with van der Waals surface area (Å²) in [4.78, 5) is 29.7. The van der Waals surface area contributed by atoms with Gasteiger partial charge in [-0.3, -0.25) is 14.7 Å². The molecule has 0 aliphatic carbocycles. The summed E-state index contributed by atoms with van der Waals surface area (Å²) in [6.45, 7) is 6.86. The largest absolute Gasteiger partial charge is 0.369 e. The van der Waals surface area contributed by atoms with Crippen LogP contribution in [0.25, 0.3) is 10.9 Å². The first kappa shape index (κ1) is 29.1. The number of nitrogens with zero attached hydrogens (tertiary/aromatic N) is 3. The summed E-state index contributed by atoms with van der Waals surface area (Å²) in [7, 11) is -2.23. The van der Waals surface area contributed by atoms with Crippen molar-refractivity contribution in [1.29, 1.82) is 0 Å². The molecule has 3 N–H and O–H groups in total. The van der Waals surface area contributed by atoms with Crippen molar-refractivity contribution in [2.45, 2.75) is 23.6 Å². The second-order valence-corrected chi connectivity index (χ2v) is 12.5. The van der Waals surface area contributed by atoms with Gasteiger partial charge in [-0.25, -0.2) is 17.2 Å². The minimum absolute atomic E-state index is 0.0433. The Balaban J connectivity index is 1.47. The summed E-state index contributed by atoms with van der Waals surface area (Å²) in [5, 5.41) is 12.7. The molecule has 0 bridgehead atoms. The molecular weight excluding hydrogens is 566 g/mol. The van der Waals surface area contributed by atoms with Crippen LogP contribution in [0.4, 0.5) is 26.0 Å². The highest BCUT2D eigenvalue weighted by Gasteiger charge is 2.23. The lowest BCUT2D eigenvalue weighted by Crippen LogP contribution is -2.44. The van der Waals surface area contributed by atoms with Gasteiger partial charge < -0.3 is 20.4 Å². The smallest absolute Gasteiger partial charge is 0.258 e. The van der Waals surface area contributed by atoms with E-state index >= 15 is 0 Å². The molecule has 0 radical (unpaired) electrons. The molecule has 13 heteroatoms. The van der Waals surface area contributed by atoms with E-state index in [-0.39, 0.29) is 33.5 Å². The molecule has 0 spiro atoms. The third kappa shape index (κ3) is 5.97. The lowest BCUT2D eigenvalue weighted by atomic mass is 10.1. The van der Waals surface area contributed by atoms with Crippen LogP contribution in [0.1, 0.15) is 24.2 Å². The molecule has 220 valence electrons. The van der Waals surface area contributed by atoms with E-state index in [1.807, 2.05) is 6.07 Å². The molecule has 5 rings (SSSR count). The van der Waals surface area contributed by atoms with Gasteiger partial charge in [-0.15, -0.1) is 0 Å². The first-order chi connectivity index (χ1) is 19.9. The Kier molecular flexibility index (Phi) is 7.97. The third-order valence-corrected chi connectivity index (χ3v) is 8.85. The maximum atomic E-state index is 13.8. The van der Waals surface area contributed by atoms with Crippen molar-refractivity contribution < 1.29 is 26.8 Å². The number of sulfone groups is 1. The van der Waals surface area contributed by atoms with Crippen LogP contribution in [0, 0.1) is 17.6 Å². The van der Waals surface area contributed by atoms with Crippen LogP contribution in [0.5, 0.6) is 0 Å². The normalized spacial score (nSPS) is 14.4. The second-order valence-electron chi connectivity index (χ2n) is 10.5. The number of hydrogen-bond donors (Lipinski definition) is 3. The Morgan fingerprint density at radius 1 is 0.905 bits per heavy atom. The number of aromatic amines is 1. The molecule has 0 saturated carbocycles. The highest BCUT2D eigenvalue weighted by Crippen LogP contribution is 2.30. The summed E-state index contributed by atoms with van der Waals surface area (Å²) < 4.78 is 53.8. The SMILES string of the molecule is CC(C)C(=O)Nc1cc(N2CCN(C)CC2)ccc1C(=O)Nc1n[nH]c2ccc(S(=O)(=O)c3cc(F)cc(F)c3)cc12. The fourth-order valence-corrected chi connectivity index (χ4v) is 5.95. The van der Waals surface area contributed by atoms with Gasteiger partial charge in [-0.05, 0) is 55.6 Å². The molecule has 2 heterocycles. The van der Waals surface area contributed by atoms with E-state index in [0.717, 1.165) is 44.0 Å². The number of carbonyl (C=O) groups excluding carboxylic acids is 2. The highest BCUT2D eigenvalue weighted by molar-refractivity contribution is 7.91. The second kappa shape index (κ2) is 11.5. The third-order valence-electron chi connectivity index (χ3n) is 7.12. The Labute approximate surface area is 241 Å². The number of halogens is 2. The Morgan fingerprint density at radius 3 is 2.26 bits per heavy atom. The molecule has 1 aromatic heterocycles. The number of rotatable bonds is 7. The number of amides is 2. The molecule has 10 nitrogen and oxygen atoms in total. The number of likely N-dealkylation sites (N-methyl/N-ethyl adjacent to an activating group) is 1. The van der Waals surface area contributed by atoms with Crippen LogP contribution in [0.2, 0.25) is 0 Å². The number of benzene rings is 3. The molecule has 3 aromatic carbocycles. The predicted molar refractivity (Wildman–Crippen MR) is 155 cm³/mol. The zero-order valence-corrected chi connectivity index (χ0v) is 24.1. The van der Waals surface area contributed by atoms with Gasteiger partial charge >= 0.3 is 0 Å². The highest BCUT2D eigenvalue weighted by atomic mass is 32.2. The molecule has 1 aliphatic rings. The summed E-state index contributed by atoms with van der Waals surface area (Å²) >= 11 is 0. The van der Waals surface area contributed by atoms with E-state index in [1.54, 1.807) is 26.0 Å². The van der Waals surface area contributed by atoms with Crippen LogP contribution in [0.3, 0.4) is 0 Å². The average Bonchev–Trinajstić information content (AvgIpc) is 3.34. The maximum Gasteiger partial charge on any atom is 0.258 e. The van der Waals surface area contributed by atoms with Gasteiger partial charge in [-0.2, -0.15) is 5.10 Å². The van der Waals surface area contributed by atoms with Crippen molar-refractivity contribution in [3.8, 4) is 0 Å². The first-order valence-corrected chi connectivity index (χ1v) is 14.8. The van der Waals surface area contributed by atoms with Gasteiger partial charge in [0.15, 0.2) is 5.82 Å². The van der Waals surface area contributed by atoms with E-state index in [9.17, 15) is 26.8 Å². The van der Waals surface area contributed by atoms with Crippen molar-refractivity contribution in [2.75, 3.05) is 48.8 Å². The van der Waals surface area contributed by atoms with Gasteiger partial charge in [0, 0.05) is 49.2 Å². The molecule has 42 heavy (non-hydrogen) atoms. The Hall–Kier alpha value is -4.36. The van der Waals surface area contributed by atoms with E-state index < -0.39 is 32.3 Å². The van der Waals surface area contributed by atoms with Gasteiger partial charge in [0.25, 0.3) is 5.91 Å². The van der Waals surface area contributed by atoms with Crippen LogP contribution >= 0.6 is 0 Å². The van der Waals surface area contributed by atoms with E-state index in [0.29, 0.717) is 17.3 Å². The Bertz CT molecular complexity index is 1760. The van der Waals surface area contributed by atoms with Gasteiger partial charge in [-0.1, -0.05) is 13.8 Å². The molecule has 0 atom stereocenters. The topological polar surface area (TPSA) is 128 Å². The van der Waals surface area contributed by atoms with Gasteiger partial charge in [0.05, 0.1) is 26.6 Å². The van der Waals surface area contributed by atoms with Crippen LogP contribution < -0.4 is 15.5 Å². The lowest BCUT2D eigenvalue weighted by Gasteiger charge is -2.34. The number of H-pyrrole nitrogens is 1. The zero-order valence-electron chi connectivity index (χ0n) is 23.2. The lowest BCUT2D eigenvalue weighted by molar-refractivity contribution is -0.118. The minimum Gasteiger partial charge on any atom is -0.369 e. The summed E-state index contributed by atoms with van der Waals surface area (Å²) in [6.07, 6.45) is 0. The maximum absolute atomic E-state index is 13.8. The summed E-state index contributed by atoms with van der Waals surface area (Å²) in [5.74, 6) is -3.16. The number of aromatic nitrogens is 2. The van der Waals surface area contributed by atoms with Crippen molar-refractivity contribution in [2.24, 2.45) is 5.92 Å². The molecule has 1 fully saturated rings. The van der Waals surface area contributed by atoms with Crippen LogP contribution in [-0.4, -0.2) is 68.6 Å². The number of piperazine rings is 1. The van der Waals surface area contributed by atoms with Crippen molar-refractivity contribution >= 4 is 49.7 Å². The number of fused-ring (bicyclic) bond motifs is 1. The number of carbonyl (C=O) groups is 2. The van der Waals surface area contributed by atoms with E-state index in [1.165, 1.54) is 18.2 Å². The first-order valence-electron chi connectivity index (χ1n) is 13.3. The molecule has 4 aromatic rings. The average molecular weight is 597 g/mol. The standard InChI is InChI=1S/C29H30F2N6O4S/c1-17(2)28(38)32-26-15-20(37-10-8-36(3)9-11-37)4-6-23(26)29(39)33-27-24-16-21(5-7-25(24)34-35-27)42(40,41)22-13-18(30)12-19(31)14-22/h4-7,12-17H,8-11H2,1-3H3,(H,32,38)(H2,33,34,35,39). The van der Waals surface area contributed by atoms with Gasteiger partial charge in [0.2, 0.25) is 15.7 Å². The quantitative estimate of drug-likeness (QED) is 0.291. The Morgan fingerprint density at radius 2 is 1.60 bits per heavy atom. The van der Waals surface area contributed by atoms with Crippen LogP contribution in [-0.2, 0) is 14.6 Å². The molecule has 2 amide bonds. The minimum atomic E-state index is -4.29. The number of anilines is 3. The summed E-state index contributed by atoms with van der Waals surface area (Å²) in [6, 6.07) is 11.3. The van der Waals surface area contributed by atoms with E-state index in [4.69, 9.17) is 0 Å².